The molecule has 0 aromatic carbocycles. The molecule has 1 fully saturated rings. The number of aliphatic hydroxyl groups excluding tert-OH is 1. The van der Waals surface area contributed by atoms with Crippen LogP contribution in [0.2, 0.25) is 0 Å². The summed E-state index contributed by atoms with van der Waals surface area (Å²) in [6.45, 7) is 3.40. The van der Waals surface area contributed by atoms with Crippen molar-refractivity contribution < 1.29 is 5.11 Å². The van der Waals surface area contributed by atoms with Gasteiger partial charge in [-0.25, -0.2) is 0 Å². The summed E-state index contributed by atoms with van der Waals surface area (Å²) in [5.41, 5.74) is 0.0173. The SMILES string of the molecule is CC1CC(CO)(NCc2cccs2)C1. The number of thiophene rings is 1. The summed E-state index contributed by atoms with van der Waals surface area (Å²) in [4.78, 5) is 1.34. The molecule has 0 aliphatic heterocycles. The van der Waals surface area contributed by atoms with Crippen molar-refractivity contribution >= 4 is 11.3 Å². The molecule has 1 aliphatic carbocycles. The maximum absolute atomic E-state index is 9.32. The summed E-state index contributed by atoms with van der Waals surface area (Å²) in [7, 11) is 0. The van der Waals surface area contributed by atoms with Crippen molar-refractivity contribution in [2.45, 2.75) is 31.8 Å². The minimum Gasteiger partial charge on any atom is -0.394 e. The Kier molecular flexibility index (Phi) is 2.91. The first-order valence-corrected chi connectivity index (χ1v) is 6.00. The molecule has 0 atom stereocenters. The van der Waals surface area contributed by atoms with Gasteiger partial charge in [0.05, 0.1) is 6.61 Å². The zero-order chi connectivity index (χ0) is 10.0. The molecular weight excluding hydrogens is 194 g/mol. The van der Waals surface area contributed by atoms with E-state index in [4.69, 9.17) is 0 Å². The highest BCUT2D eigenvalue weighted by Gasteiger charge is 2.40. The van der Waals surface area contributed by atoms with Crippen LogP contribution in [-0.2, 0) is 6.54 Å². The van der Waals surface area contributed by atoms with Gasteiger partial charge in [-0.3, -0.25) is 0 Å². The summed E-state index contributed by atoms with van der Waals surface area (Å²) in [5, 5.41) is 14.9. The van der Waals surface area contributed by atoms with Gasteiger partial charge < -0.3 is 10.4 Å². The average Bonchev–Trinajstić information content (AvgIpc) is 2.63. The van der Waals surface area contributed by atoms with E-state index in [0.29, 0.717) is 0 Å². The van der Waals surface area contributed by atoms with Crippen molar-refractivity contribution in [2.75, 3.05) is 6.61 Å². The molecule has 0 spiro atoms. The number of hydrogen-bond donors (Lipinski definition) is 2. The Morgan fingerprint density at radius 2 is 2.43 bits per heavy atom. The van der Waals surface area contributed by atoms with Crippen LogP contribution in [0, 0.1) is 5.92 Å². The third-order valence-electron chi connectivity index (χ3n) is 3.00. The van der Waals surface area contributed by atoms with Gasteiger partial charge in [0.2, 0.25) is 0 Å². The summed E-state index contributed by atoms with van der Waals surface area (Å²) in [5.74, 6) is 0.762. The van der Waals surface area contributed by atoms with Crippen molar-refractivity contribution in [1.82, 2.24) is 5.32 Å². The minimum absolute atomic E-state index is 0.0173. The quantitative estimate of drug-likeness (QED) is 0.798. The molecule has 1 heterocycles. The van der Waals surface area contributed by atoms with Crippen LogP contribution in [0.5, 0.6) is 0 Å². The van der Waals surface area contributed by atoms with Gasteiger partial charge in [0.15, 0.2) is 0 Å². The summed E-state index contributed by atoms with van der Waals surface area (Å²) in [6.07, 6.45) is 2.21. The molecule has 1 aromatic rings. The van der Waals surface area contributed by atoms with Gasteiger partial charge in [-0.05, 0) is 30.2 Å². The maximum atomic E-state index is 9.32. The van der Waals surface area contributed by atoms with Crippen molar-refractivity contribution in [2.24, 2.45) is 5.92 Å². The highest BCUT2D eigenvalue weighted by atomic mass is 32.1. The van der Waals surface area contributed by atoms with Crippen LogP contribution >= 0.6 is 11.3 Å². The average molecular weight is 211 g/mol. The van der Waals surface area contributed by atoms with Gasteiger partial charge in [-0.1, -0.05) is 13.0 Å². The Labute approximate surface area is 89.0 Å². The summed E-state index contributed by atoms with van der Waals surface area (Å²) < 4.78 is 0. The van der Waals surface area contributed by atoms with Crippen molar-refractivity contribution in [3.63, 3.8) is 0 Å². The van der Waals surface area contributed by atoms with E-state index in [1.54, 1.807) is 11.3 Å². The molecule has 0 bridgehead atoms. The zero-order valence-electron chi connectivity index (χ0n) is 8.49. The lowest BCUT2D eigenvalue weighted by atomic mass is 9.69. The van der Waals surface area contributed by atoms with Crippen LogP contribution in [0.1, 0.15) is 24.6 Å². The van der Waals surface area contributed by atoms with Crippen molar-refractivity contribution in [1.29, 1.82) is 0 Å². The molecule has 0 saturated heterocycles. The van der Waals surface area contributed by atoms with E-state index in [1.165, 1.54) is 4.88 Å². The smallest absolute Gasteiger partial charge is 0.0613 e. The molecule has 2 rings (SSSR count). The highest BCUT2D eigenvalue weighted by molar-refractivity contribution is 7.09. The second-order valence-corrected chi connectivity index (χ2v) is 5.42. The standard InChI is InChI=1S/C11H17NOS/c1-9-5-11(6-9,8-13)12-7-10-3-2-4-14-10/h2-4,9,12-13H,5-8H2,1H3. The molecule has 1 aliphatic rings. The molecule has 1 aromatic heterocycles. The van der Waals surface area contributed by atoms with E-state index >= 15 is 0 Å². The molecule has 2 N–H and O–H groups in total. The Bertz CT molecular complexity index is 277. The largest absolute Gasteiger partial charge is 0.394 e. The van der Waals surface area contributed by atoms with Crippen molar-refractivity contribution in [3.8, 4) is 0 Å². The minimum atomic E-state index is 0.0173. The van der Waals surface area contributed by atoms with Crippen LogP contribution in [0.3, 0.4) is 0 Å². The zero-order valence-corrected chi connectivity index (χ0v) is 9.31. The molecule has 0 radical (unpaired) electrons. The van der Waals surface area contributed by atoms with Crippen molar-refractivity contribution in [3.05, 3.63) is 22.4 Å². The van der Waals surface area contributed by atoms with E-state index in [0.717, 1.165) is 25.3 Å². The van der Waals surface area contributed by atoms with Gasteiger partial charge in [0, 0.05) is 17.0 Å². The first-order valence-electron chi connectivity index (χ1n) is 5.12. The second-order valence-electron chi connectivity index (χ2n) is 4.38. The highest BCUT2D eigenvalue weighted by Crippen LogP contribution is 2.37. The van der Waals surface area contributed by atoms with Crippen LogP contribution in [-0.4, -0.2) is 17.3 Å². The summed E-state index contributed by atoms with van der Waals surface area (Å²) >= 11 is 1.77. The van der Waals surface area contributed by atoms with Crippen LogP contribution < -0.4 is 5.32 Å². The van der Waals surface area contributed by atoms with Gasteiger partial charge in [0.1, 0.15) is 0 Å². The second kappa shape index (κ2) is 4.01. The fraction of sp³-hybridized carbons (Fsp3) is 0.636. The predicted molar refractivity (Wildman–Crippen MR) is 59.4 cm³/mol. The Morgan fingerprint density at radius 1 is 1.64 bits per heavy atom. The lowest BCUT2D eigenvalue weighted by molar-refractivity contribution is 0.0461. The lowest BCUT2D eigenvalue weighted by Gasteiger charge is -2.46. The van der Waals surface area contributed by atoms with Gasteiger partial charge in [0.25, 0.3) is 0 Å². The van der Waals surface area contributed by atoms with E-state index in [1.807, 2.05) is 0 Å². The number of nitrogens with one attached hydrogen (secondary N) is 1. The normalized spacial score (nSPS) is 31.4. The van der Waals surface area contributed by atoms with E-state index in [-0.39, 0.29) is 12.1 Å². The fourth-order valence-electron chi connectivity index (χ4n) is 2.29. The molecule has 14 heavy (non-hydrogen) atoms. The Hall–Kier alpha value is -0.380. The number of aliphatic hydroxyl groups is 1. The van der Waals surface area contributed by atoms with Gasteiger partial charge in [-0.15, -0.1) is 11.3 Å². The molecule has 1 saturated carbocycles. The monoisotopic (exact) mass is 211 g/mol. The summed E-state index contributed by atoms with van der Waals surface area (Å²) in [6, 6.07) is 4.20. The third-order valence-corrected chi connectivity index (χ3v) is 3.88. The first kappa shape index (κ1) is 10.1. The first-order chi connectivity index (χ1) is 6.74. The molecule has 0 amide bonds. The van der Waals surface area contributed by atoms with E-state index in [2.05, 4.69) is 29.8 Å². The number of rotatable bonds is 4. The Morgan fingerprint density at radius 3 is 2.93 bits per heavy atom. The molecular formula is C11H17NOS. The van der Waals surface area contributed by atoms with Crippen LogP contribution in [0.15, 0.2) is 17.5 Å². The van der Waals surface area contributed by atoms with Gasteiger partial charge in [-0.2, -0.15) is 0 Å². The fourth-order valence-corrected chi connectivity index (χ4v) is 2.94. The van der Waals surface area contributed by atoms with Gasteiger partial charge >= 0.3 is 0 Å². The van der Waals surface area contributed by atoms with Crippen LogP contribution in [0.25, 0.3) is 0 Å². The topological polar surface area (TPSA) is 32.3 Å². The maximum Gasteiger partial charge on any atom is 0.0613 e. The number of hydrogen-bond acceptors (Lipinski definition) is 3. The third kappa shape index (κ3) is 2.00. The van der Waals surface area contributed by atoms with E-state index < -0.39 is 0 Å². The van der Waals surface area contributed by atoms with E-state index in [9.17, 15) is 5.11 Å². The van der Waals surface area contributed by atoms with Crippen LogP contribution in [0.4, 0.5) is 0 Å². The molecule has 78 valence electrons. The molecule has 3 heteroatoms. The Balaban J connectivity index is 1.85. The predicted octanol–water partition coefficient (Wildman–Crippen LogP) is 2.00. The lowest BCUT2D eigenvalue weighted by Crippen LogP contribution is -2.56. The molecule has 0 unspecified atom stereocenters. The molecule has 2 nitrogen and oxygen atoms in total.